The zero-order valence-electron chi connectivity index (χ0n) is 20.6. The number of aromatic nitrogens is 3. The molecule has 182 valence electrons. The van der Waals surface area contributed by atoms with Gasteiger partial charge in [0, 0.05) is 28.4 Å². The number of hydrogen-bond acceptors (Lipinski definition) is 5. The van der Waals surface area contributed by atoms with Gasteiger partial charge in [-0.25, -0.2) is 9.97 Å². The number of rotatable bonds is 3. The van der Waals surface area contributed by atoms with Crippen molar-refractivity contribution in [3.05, 3.63) is 96.2 Å². The van der Waals surface area contributed by atoms with Gasteiger partial charge in [0.15, 0.2) is 5.82 Å². The number of phenols is 1. The number of nitrogens with zero attached hydrogens (tertiary/aromatic N) is 3. The summed E-state index contributed by atoms with van der Waals surface area (Å²) in [6, 6.07) is 26.5. The third-order valence-electron chi connectivity index (χ3n) is 7.79. The fraction of sp³-hybridized carbons (Fsp3) is 0.161. The minimum atomic E-state index is -0.224. The Morgan fingerprint density at radius 2 is 1.73 bits per heavy atom. The van der Waals surface area contributed by atoms with E-state index in [1.165, 1.54) is 12.0 Å². The largest absolute Gasteiger partial charge is 0.508 e. The molecule has 0 unspecified atom stereocenters. The summed E-state index contributed by atoms with van der Waals surface area (Å²) in [5.74, 6) is 1.83. The van der Waals surface area contributed by atoms with Gasteiger partial charge in [0.25, 0.3) is 0 Å². The van der Waals surface area contributed by atoms with Gasteiger partial charge in [-0.05, 0) is 67.6 Å². The van der Waals surface area contributed by atoms with E-state index >= 15 is 0 Å². The average Bonchev–Trinajstić information content (AvgIpc) is 3.23. The van der Waals surface area contributed by atoms with Crippen LogP contribution in [0.3, 0.4) is 0 Å². The fourth-order valence-electron chi connectivity index (χ4n) is 5.45. The van der Waals surface area contributed by atoms with E-state index in [0.29, 0.717) is 0 Å². The number of phenolic OH excluding ortho intramolecular Hbond substituents is 1. The van der Waals surface area contributed by atoms with Gasteiger partial charge in [0.2, 0.25) is 0 Å². The summed E-state index contributed by atoms with van der Waals surface area (Å²) >= 11 is 0. The summed E-state index contributed by atoms with van der Waals surface area (Å²) in [5, 5.41) is 14.1. The fourth-order valence-corrected chi connectivity index (χ4v) is 5.45. The van der Waals surface area contributed by atoms with Crippen molar-refractivity contribution in [2.24, 2.45) is 5.73 Å². The predicted molar refractivity (Wildman–Crippen MR) is 147 cm³/mol. The first-order chi connectivity index (χ1) is 18.0. The first-order valence-corrected chi connectivity index (χ1v) is 12.7. The van der Waals surface area contributed by atoms with Crippen molar-refractivity contribution in [1.29, 1.82) is 0 Å². The Bertz CT molecular complexity index is 1660. The number of nitrogens with two attached hydrogens (primary N) is 1. The van der Waals surface area contributed by atoms with E-state index in [-0.39, 0.29) is 11.3 Å². The molecule has 1 saturated carbocycles. The highest BCUT2D eigenvalue weighted by Crippen LogP contribution is 2.45. The zero-order chi connectivity index (χ0) is 25.1. The van der Waals surface area contributed by atoms with E-state index in [9.17, 15) is 5.11 Å². The standard InChI is InChI=1S/C31H27N5O/c1-19-9-10-21(18-26(19)37)27-28(20-11-13-22(14-12-20)31(32)15-5-16-31)36-25-8-4-17-33-29(25)34-24-7-3-2-6-23(24)30(36)35-27/h2-4,6-14,17-18,37H,5,15-16,32H2,1H3,(H,33,34). The number of anilines is 2. The van der Waals surface area contributed by atoms with Crippen molar-refractivity contribution >= 4 is 11.5 Å². The Hall–Kier alpha value is -4.42. The number of pyridine rings is 1. The number of imidazole rings is 1. The normalized spacial score (nSPS) is 15.0. The van der Waals surface area contributed by atoms with Crippen LogP contribution in [0.4, 0.5) is 11.5 Å². The summed E-state index contributed by atoms with van der Waals surface area (Å²) in [4.78, 5) is 9.89. The van der Waals surface area contributed by atoms with E-state index in [2.05, 4.69) is 51.3 Å². The summed E-state index contributed by atoms with van der Waals surface area (Å²) in [7, 11) is 0. The van der Waals surface area contributed by atoms with Crippen LogP contribution >= 0.6 is 0 Å². The molecule has 3 aromatic carbocycles. The molecule has 3 heterocycles. The molecule has 1 aliphatic carbocycles. The molecule has 1 fully saturated rings. The lowest BCUT2D eigenvalue weighted by Crippen LogP contribution is -2.43. The molecule has 0 amide bonds. The van der Waals surface area contributed by atoms with E-state index < -0.39 is 0 Å². The van der Waals surface area contributed by atoms with Gasteiger partial charge in [0.05, 0.1) is 22.8 Å². The number of fused-ring (bicyclic) bond motifs is 5. The van der Waals surface area contributed by atoms with E-state index in [1.807, 2.05) is 43.3 Å². The molecule has 4 N–H and O–H groups in total. The van der Waals surface area contributed by atoms with Crippen molar-refractivity contribution in [2.75, 3.05) is 5.32 Å². The lowest BCUT2D eigenvalue weighted by atomic mass is 9.72. The molecule has 6 nitrogen and oxygen atoms in total. The zero-order valence-corrected chi connectivity index (χ0v) is 20.6. The molecule has 7 rings (SSSR count). The highest BCUT2D eigenvalue weighted by molar-refractivity contribution is 5.91. The van der Waals surface area contributed by atoms with Gasteiger partial charge < -0.3 is 16.2 Å². The topological polar surface area (TPSA) is 89.0 Å². The number of para-hydroxylation sites is 1. The van der Waals surface area contributed by atoms with Gasteiger partial charge >= 0.3 is 0 Å². The first-order valence-electron chi connectivity index (χ1n) is 12.7. The molecule has 1 aliphatic heterocycles. The van der Waals surface area contributed by atoms with Crippen LogP contribution in [0.1, 0.15) is 30.4 Å². The molecule has 2 aromatic heterocycles. The minimum Gasteiger partial charge on any atom is -0.508 e. The Balaban J connectivity index is 1.54. The van der Waals surface area contributed by atoms with Crippen LogP contribution in [-0.2, 0) is 5.54 Å². The lowest BCUT2D eigenvalue weighted by Gasteiger charge is -2.38. The average molecular weight is 486 g/mol. The summed E-state index contributed by atoms with van der Waals surface area (Å²) in [6.45, 7) is 1.90. The van der Waals surface area contributed by atoms with Gasteiger partial charge in [-0.2, -0.15) is 0 Å². The highest BCUT2D eigenvalue weighted by Gasteiger charge is 2.34. The van der Waals surface area contributed by atoms with Gasteiger partial charge in [-0.1, -0.05) is 48.5 Å². The second-order valence-electron chi connectivity index (χ2n) is 10.1. The van der Waals surface area contributed by atoms with E-state index in [0.717, 1.165) is 69.5 Å². The quantitative estimate of drug-likeness (QED) is 0.260. The molecule has 5 aromatic rings. The van der Waals surface area contributed by atoms with Crippen LogP contribution in [0, 0.1) is 6.92 Å². The molecule has 0 spiro atoms. The Kier molecular flexibility index (Phi) is 4.75. The summed E-state index contributed by atoms with van der Waals surface area (Å²) in [5.41, 5.74) is 14.9. The van der Waals surface area contributed by atoms with Crippen molar-refractivity contribution in [1.82, 2.24) is 14.5 Å². The number of aromatic hydroxyl groups is 1. The minimum absolute atomic E-state index is 0.224. The maximum absolute atomic E-state index is 10.6. The van der Waals surface area contributed by atoms with Crippen LogP contribution in [0.5, 0.6) is 5.75 Å². The molecular weight excluding hydrogens is 458 g/mol. The highest BCUT2D eigenvalue weighted by atomic mass is 16.3. The lowest BCUT2D eigenvalue weighted by molar-refractivity contribution is 0.253. The van der Waals surface area contributed by atoms with E-state index in [1.54, 1.807) is 12.3 Å². The van der Waals surface area contributed by atoms with Crippen molar-refractivity contribution in [3.63, 3.8) is 0 Å². The second kappa shape index (κ2) is 8.05. The number of benzene rings is 3. The molecule has 37 heavy (non-hydrogen) atoms. The first kappa shape index (κ1) is 21.8. The molecule has 0 bridgehead atoms. The maximum Gasteiger partial charge on any atom is 0.154 e. The van der Waals surface area contributed by atoms with Crippen molar-refractivity contribution in [2.45, 2.75) is 31.7 Å². The van der Waals surface area contributed by atoms with Gasteiger partial charge in [0.1, 0.15) is 11.6 Å². The molecule has 6 heteroatoms. The van der Waals surface area contributed by atoms with Gasteiger partial charge in [-0.15, -0.1) is 0 Å². The summed E-state index contributed by atoms with van der Waals surface area (Å²) < 4.78 is 2.18. The third-order valence-corrected chi connectivity index (χ3v) is 7.79. The molecule has 2 aliphatic rings. The van der Waals surface area contributed by atoms with E-state index in [4.69, 9.17) is 10.7 Å². The number of aryl methyl sites for hydroxylation is 1. The Labute approximate surface area is 215 Å². The van der Waals surface area contributed by atoms with Crippen LogP contribution in [0.15, 0.2) is 85.1 Å². The Morgan fingerprint density at radius 1 is 0.946 bits per heavy atom. The van der Waals surface area contributed by atoms with Gasteiger partial charge in [-0.3, -0.25) is 4.57 Å². The van der Waals surface area contributed by atoms with Crippen LogP contribution in [0.25, 0.3) is 39.6 Å². The van der Waals surface area contributed by atoms with Crippen LogP contribution in [-0.4, -0.2) is 19.6 Å². The SMILES string of the molecule is Cc1ccc(-c2nc3n(c2-c2ccc(C4(N)CCC4)cc2)-c2cccnc2Nc2ccccc2-3)cc1O. The molecular formula is C31H27N5O. The van der Waals surface area contributed by atoms with Crippen LogP contribution < -0.4 is 11.1 Å². The number of hydrogen-bond donors (Lipinski definition) is 3. The predicted octanol–water partition coefficient (Wildman–Crippen LogP) is 6.68. The molecule has 0 atom stereocenters. The monoisotopic (exact) mass is 485 g/mol. The summed E-state index contributed by atoms with van der Waals surface area (Å²) in [6.07, 6.45) is 5.00. The van der Waals surface area contributed by atoms with Crippen LogP contribution in [0.2, 0.25) is 0 Å². The number of nitrogens with one attached hydrogen (secondary N) is 1. The Morgan fingerprint density at radius 3 is 2.49 bits per heavy atom. The molecule has 0 radical (unpaired) electrons. The molecule has 0 saturated heterocycles. The smallest absolute Gasteiger partial charge is 0.154 e. The third kappa shape index (κ3) is 3.37. The second-order valence-corrected chi connectivity index (χ2v) is 10.1. The maximum atomic E-state index is 10.6. The van der Waals surface area contributed by atoms with Crippen molar-refractivity contribution < 1.29 is 5.11 Å². The van der Waals surface area contributed by atoms with Crippen molar-refractivity contribution in [3.8, 4) is 45.3 Å².